The van der Waals surface area contributed by atoms with Crippen molar-refractivity contribution < 1.29 is 36.6 Å². The van der Waals surface area contributed by atoms with E-state index in [2.05, 4.69) is 0 Å². The van der Waals surface area contributed by atoms with E-state index < -0.39 is 17.7 Å². The van der Waals surface area contributed by atoms with Gasteiger partial charge in [0.2, 0.25) is 0 Å². The first kappa shape index (κ1) is 20.6. The molecule has 0 fully saturated rings. The number of furan rings is 2. The number of halogens is 3. The molecule has 0 saturated heterocycles. The minimum absolute atomic E-state index is 0.196. The molecule has 0 aliphatic carbocycles. The van der Waals surface area contributed by atoms with Crippen LogP contribution < -0.4 is 4.74 Å². The minimum Gasteiger partial charge on any atom is -0.489 e. The molecule has 0 saturated carbocycles. The highest BCUT2D eigenvalue weighted by atomic mass is 19.4. The van der Waals surface area contributed by atoms with Gasteiger partial charge < -0.3 is 18.7 Å². The number of carbonyl (C=O) groups is 1. The highest BCUT2D eigenvalue weighted by Crippen LogP contribution is 2.32. The molecule has 2 aromatic heterocycles. The van der Waals surface area contributed by atoms with E-state index >= 15 is 0 Å². The fourth-order valence-corrected chi connectivity index (χ4v) is 3.19. The molecule has 0 aliphatic rings. The van der Waals surface area contributed by atoms with E-state index in [0.29, 0.717) is 34.2 Å². The molecule has 2 aromatic carbocycles. The first-order chi connectivity index (χ1) is 14.7. The number of ether oxygens (including phenoxy) is 1. The molecular weight excluding hydrogens is 413 g/mol. The van der Waals surface area contributed by atoms with Gasteiger partial charge in [-0.25, -0.2) is 0 Å². The number of benzene rings is 2. The molecule has 4 aromatic rings. The summed E-state index contributed by atoms with van der Waals surface area (Å²) in [6.07, 6.45) is -4.59. The lowest BCUT2D eigenvalue weighted by atomic mass is 10.1. The summed E-state index contributed by atoms with van der Waals surface area (Å²) in [6.45, 7) is 1.95. The molecule has 4 rings (SSSR count). The van der Waals surface area contributed by atoms with Gasteiger partial charge in [0.1, 0.15) is 41.6 Å². The van der Waals surface area contributed by atoms with Crippen LogP contribution in [0.1, 0.15) is 22.6 Å². The summed E-state index contributed by atoms with van der Waals surface area (Å²) < 4.78 is 55.2. The Hall–Kier alpha value is -3.68. The molecule has 5 nitrogen and oxygen atoms in total. The van der Waals surface area contributed by atoms with E-state index in [1.807, 2.05) is 0 Å². The van der Waals surface area contributed by atoms with Crippen LogP contribution in [-0.4, -0.2) is 11.1 Å². The van der Waals surface area contributed by atoms with Gasteiger partial charge in [-0.1, -0.05) is 12.1 Å². The molecule has 0 unspecified atom stereocenters. The third kappa shape index (κ3) is 4.58. The standard InChI is InChI=1S/C23H17F3O5/c1-13-16(10-21(30-13)14-2-4-17(5-3-14)23(24,25)26)12-29-18-6-7-20-15(8-18)9-19(31-20)11-22(27)28/h2-10H,11-12H2,1H3,(H,27,28). The van der Waals surface area contributed by atoms with E-state index in [-0.39, 0.29) is 13.0 Å². The predicted octanol–water partition coefficient (Wildman–Crippen LogP) is 6.23. The fourth-order valence-electron chi connectivity index (χ4n) is 3.19. The maximum atomic E-state index is 12.7. The number of hydrogen-bond acceptors (Lipinski definition) is 4. The van der Waals surface area contributed by atoms with Gasteiger partial charge in [0, 0.05) is 16.5 Å². The number of rotatable bonds is 6. The lowest BCUT2D eigenvalue weighted by Crippen LogP contribution is -2.03. The summed E-state index contributed by atoms with van der Waals surface area (Å²) in [6, 6.07) is 13.3. The number of aliphatic carboxylic acids is 1. The Morgan fingerprint density at radius 3 is 2.45 bits per heavy atom. The molecule has 8 heteroatoms. The lowest BCUT2D eigenvalue weighted by Gasteiger charge is -2.06. The number of carboxylic acid groups (broad SMARTS) is 1. The van der Waals surface area contributed by atoms with Crippen LogP contribution >= 0.6 is 0 Å². The summed E-state index contributed by atoms with van der Waals surface area (Å²) in [5, 5.41) is 9.60. The second kappa shape index (κ2) is 7.86. The minimum atomic E-state index is -4.39. The zero-order valence-corrected chi connectivity index (χ0v) is 16.3. The van der Waals surface area contributed by atoms with Crippen molar-refractivity contribution in [2.24, 2.45) is 0 Å². The molecule has 160 valence electrons. The van der Waals surface area contributed by atoms with Crippen LogP contribution in [0.5, 0.6) is 5.75 Å². The molecule has 0 aliphatic heterocycles. The molecule has 1 N–H and O–H groups in total. The zero-order chi connectivity index (χ0) is 22.2. The van der Waals surface area contributed by atoms with E-state index in [4.69, 9.17) is 18.7 Å². The van der Waals surface area contributed by atoms with Gasteiger partial charge in [0.25, 0.3) is 0 Å². The number of aryl methyl sites for hydroxylation is 1. The quantitative estimate of drug-likeness (QED) is 0.393. The predicted molar refractivity (Wildman–Crippen MR) is 106 cm³/mol. The van der Waals surface area contributed by atoms with Crippen LogP contribution in [0.2, 0.25) is 0 Å². The summed E-state index contributed by atoms with van der Waals surface area (Å²) in [5.74, 6) is 0.990. The highest BCUT2D eigenvalue weighted by Gasteiger charge is 2.30. The Kier molecular flexibility index (Phi) is 5.22. The van der Waals surface area contributed by atoms with Crippen LogP contribution in [0.25, 0.3) is 22.3 Å². The van der Waals surface area contributed by atoms with Crippen molar-refractivity contribution in [3.05, 3.63) is 77.2 Å². The average molecular weight is 430 g/mol. The monoisotopic (exact) mass is 430 g/mol. The first-order valence-corrected chi connectivity index (χ1v) is 9.33. The fraction of sp³-hybridized carbons (Fsp3) is 0.174. The molecule has 0 radical (unpaired) electrons. The maximum absolute atomic E-state index is 12.7. The molecular formula is C23H17F3O5. The maximum Gasteiger partial charge on any atom is 0.416 e. The van der Waals surface area contributed by atoms with Crippen molar-refractivity contribution in [1.29, 1.82) is 0 Å². The van der Waals surface area contributed by atoms with E-state index in [0.717, 1.165) is 23.1 Å². The van der Waals surface area contributed by atoms with Crippen molar-refractivity contribution in [3.8, 4) is 17.1 Å². The molecule has 0 spiro atoms. The number of carboxylic acids is 1. The van der Waals surface area contributed by atoms with E-state index in [9.17, 15) is 18.0 Å². The summed E-state index contributed by atoms with van der Waals surface area (Å²) in [5.41, 5.74) is 1.14. The van der Waals surface area contributed by atoms with Crippen molar-refractivity contribution in [1.82, 2.24) is 0 Å². The van der Waals surface area contributed by atoms with Gasteiger partial charge >= 0.3 is 12.1 Å². The van der Waals surface area contributed by atoms with Gasteiger partial charge in [-0.3, -0.25) is 4.79 Å². The normalized spacial score (nSPS) is 11.7. The van der Waals surface area contributed by atoms with Gasteiger partial charge in [-0.05, 0) is 49.4 Å². The van der Waals surface area contributed by atoms with Gasteiger partial charge in [0.15, 0.2) is 0 Å². The Labute approximate surface area is 174 Å². The average Bonchev–Trinajstić information content (AvgIpc) is 3.27. The first-order valence-electron chi connectivity index (χ1n) is 9.33. The Bertz CT molecular complexity index is 1230. The van der Waals surface area contributed by atoms with Crippen molar-refractivity contribution >= 4 is 16.9 Å². The van der Waals surface area contributed by atoms with Crippen LogP contribution in [0.15, 0.2) is 63.4 Å². The molecule has 31 heavy (non-hydrogen) atoms. The Morgan fingerprint density at radius 2 is 1.77 bits per heavy atom. The summed E-state index contributed by atoms with van der Waals surface area (Å²) in [7, 11) is 0. The summed E-state index contributed by atoms with van der Waals surface area (Å²) >= 11 is 0. The van der Waals surface area contributed by atoms with E-state index in [1.54, 1.807) is 37.3 Å². The number of hydrogen-bond donors (Lipinski definition) is 1. The Morgan fingerprint density at radius 1 is 1.03 bits per heavy atom. The highest BCUT2D eigenvalue weighted by molar-refractivity contribution is 5.81. The van der Waals surface area contributed by atoms with Crippen LogP contribution in [0.3, 0.4) is 0 Å². The SMILES string of the molecule is Cc1oc(-c2ccc(C(F)(F)F)cc2)cc1COc1ccc2oc(CC(=O)O)cc2c1. The second-order valence-electron chi connectivity index (χ2n) is 7.04. The van der Waals surface area contributed by atoms with Gasteiger partial charge in [-0.2, -0.15) is 13.2 Å². The Balaban J connectivity index is 1.48. The third-order valence-electron chi connectivity index (χ3n) is 4.78. The van der Waals surface area contributed by atoms with Crippen LogP contribution in [-0.2, 0) is 24.0 Å². The molecule has 0 atom stereocenters. The number of fused-ring (bicyclic) bond motifs is 1. The van der Waals surface area contributed by atoms with Crippen molar-refractivity contribution in [2.75, 3.05) is 0 Å². The molecule has 2 heterocycles. The van der Waals surface area contributed by atoms with Gasteiger partial charge in [-0.15, -0.1) is 0 Å². The van der Waals surface area contributed by atoms with Gasteiger partial charge in [0.05, 0.1) is 5.56 Å². The molecule has 0 bridgehead atoms. The number of alkyl halides is 3. The smallest absolute Gasteiger partial charge is 0.416 e. The van der Waals surface area contributed by atoms with E-state index in [1.165, 1.54) is 12.1 Å². The van der Waals surface area contributed by atoms with Crippen LogP contribution in [0.4, 0.5) is 13.2 Å². The van der Waals surface area contributed by atoms with Crippen molar-refractivity contribution in [2.45, 2.75) is 26.1 Å². The lowest BCUT2D eigenvalue weighted by molar-refractivity contribution is -0.138. The largest absolute Gasteiger partial charge is 0.489 e. The second-order valence-corrected chi connectivity index (χ2v) is 7.04. The van der Waals surface area contributed by atoms with Crippen LogP contribution in [0, 0.1) is 6.92 Å². The topological polar surface area (TPSA) is 72.8 Å². The summed E-state index contributed by atoms with van der Waals surface area (Å²) in [4.78, 5) is 10.8. The third-order valence-corrected chi connectivity index (χ3v) is 4.78. The molecule has 0 amide bonds. The zero-order valence-electron chi connectivity index (χ0n) is 16.3. The van der Waals surface area contributed by atoms with Crippen molar-refractivity contribution in [3.63, 3.8) is 0 Å².